The molecule has 0 aliphatic heterocycles. The fraction of sp³-hybridized carbons (Fsp3) is 0.286. The second-order valence-corrected chi connectivity index (χ2v) is 2.84. The van der Waals surface area contributed by atoms with Gasteiger partial charge in [0, 0.05) is 0 Å². The normalized spacial score (nSPS) is 12.5. The van der Waals surface area contributed by atoms with Crippen molar-refractivity contribution in [1.29, 1.82) is 0 Å². The van der Waals surface area contributed by atoms with Crippen LogP contribution < -0.4 is 5.32 Å². The third kappa shape index (κ3) is 1.57. The highest BCUT2D eigenvalue weighted by Gasteiger charge is 2.01. The summed E-state index contributed by atoms with van der Waals surface area (Å²) in [5.41, 5.74) is 1.16. The van der Waals surface area contributed by atoms with Crippen LogP contribution in [-0.4, -0.2) is 6.41 Å². The molecular weight excluding hydrogens is 146 g/mol. The van der Waals surface area contributed by atoms with Crippen LogP contribution in [0.4, 0.5) is 0 Å². The lowest BCUT2D eigenvalue weighted by Crippen LogP contribution is -2.15. The molecule has 54 valence electrons. The van der Waals surface area contributed by atoms with Crippen molar-refractivity contribution < 1.29 is 4.79 Å². The van der Waals surface area contributed by atoms with Crippen LogP contribution in [0.1, 0.15) is 18.5 Å². The third-order valence-electron chi connectivity index (χ3n) is 1.36. The number of carbonyl (C=O) groups excluding carboxylic acids is 1. The van der Waals surface area contributed by atoms with E-state index in [1.165, 1.54) is 0 Å². The van der Waals surface area contributed by atoms with Gasteiger partial charge in [0.05, 0.1) is 6.04 Å². The fourth-order valence-electron chi connectivity index (χ4n) is 0.720. The largest absolute Gasteiger partial charge is 0.352 e. The number of rotatable bonds is 3. The molecular formula is C7H9NOS. The number of hydrogen-bond acceptors (Lipinski definition) is 2. The molecule has 2 nitrogen and oxygen atoms in total. The molecule has 1 N–H and O–H groups in total. The summed E-state index contributed by atoms with van der Waals surface area (Å²) in [6.07, 6.45) is 0.725. The summed E-state index contributed by atoms with van der Waals surface area (Å²) in [5.74, 6) is 0. The van der Waals surface area contributed by atoms with E-state index in [9.17, 15) is 4.79 Å². The molecule has 3 heteroatoms. The molecule has 1 aromatic rings. The highest BCUT2D eigenvalue weighted by molar-refractivity contribution is 7.07. The van der Waals surface area contributed by atoms with Crippen LogP contribution in [0.2, 0.25) is 0 Å². The summed E-state index contributed by atoms with van der Waals surface area (Å²) in [7, 11) is 0. The monoisotopic (exact) mass is 155 g/mol. The Morgan fingerprint density at radius 2 is 2.60 bits per heavy atom. The quantitative estimate of drug-likeness (QED) is 0.659. The second kappa shape index (κ2) is 3.37. The molecule has 0 aliphatic carbocycles. The molecule has 1 rings (SSSR count). The van der Waals surface area contributed by atoms with Crippen molar-refractivity contribution in [2.24, 2.45) is 0 Å². The van der Waals surface area contributed by atoms with Gasteiger partial charge in [0.2, 0.25) is 6.41 Å². The lowest BCUT2D eigenvalue weighted by Gasteiger charge is -2.05. The molecule has 0 aromatic carbocycles. The number of hydrogen-bond donors (Lipinski definition) is 1. The standard InChI is InChI=1S/C7H9NOS/c1-6(8-5-9)7-2-3-10-4-7/h2-6H,1H3,(H,8,9). The molecule has 10 heavy (non-hydrogen) atoms. The number of amides is 1. The second-order valence-electron chi connectivity index (χ2n) is 2.06. The molecule has 0 spiro atoms. The molecule has 0 saturated carbocycles. The minimum atomic E-state index is 0.142. The Kier molecular flexibility index (Phi) is 2.45. The van der Waals surface area contributed by atoms with Crippen molar-refractivity contribution in [3.8, 4) is 0 Å². The Bertz CT molecular complexity index is 195. The van der Waals surface area contributed by atoms with Crippen LogP contribution >= 0.6 is 11.3 Å². The zero-order chi connectivity index (χ0) is 7.40. The van der Waals surface area contributed by atoms with E-state index in [0.717, 1.165) is 12.0 Å². The van der Waals surface area contributed by atoms with E-state index in [2.05, 4.69) is 5.32 Å². The van der Waals surface area contributed by atoms with E-state index in [1.54, 1.807) is 11.3 Å². The summed E-state index contributed by atoms with van der Waals surface area (Å²) in [5, 5.41) is 6.70. The Hall–Kier alpha value is -0.830. The first-order valence-corrected chi connectivity index (χ1v) is 4.00. The lowest BCUT2D eigenvalue weighted by molar-refractivity contribution is -0.110. The summed E-state index contributed by atoms with van der Waals surface area (Å²) < 4.78 is 0. The Morgan fingerprint density at radius 1 is 1.80 bits per heavy atom. The van der Waals surface area contributed by atoms with Gasteiger partial charge in [0.15, 0.2) is 0 Å². The maximum atomic E-state index is 10.0. The van der Waals surface area contributed by atoms with Crippen LogP contribution in [-0.2, 0) is 4.79 Å². The lowest BCUT2D eigenvalue weighted by atomic mass is 10.2. The summed E-state index contributed by atoms with van der Waals surface area (Å²) in [6.45, 7) is 1.95. The van der Waals surface area contributed by atoms with Gasteiger partial charge in [0.1, 0.15) is 0 Å². The van der Waals surface area contributed by atoms with Crippen LogP contribution in [0.3, 0.4) is 0 Å². The SMILES string of the molecule is CC(NC=O)c1ccsc1. The molecule has 0 bridgehead atoms. The van der Waals surface area contributed by atoms with Gasteiger partial charge in [-0.15, -0.1) is 0 Å². The van der Waals surface area contributed by atoms with Gasteiger partial charge in [-0.05, 0) is 29.3 Å². The Balaban J connectivity index is 2.58. The molecule has 1 atom stereocenters. The maximum absolute atomic E-state index is 10.0. The highest BCUT2D eigenvalue weighted by Crippen LogP contribution is 2.14. The van der Waals surface area contributed by atoms with E-state index < -0.39 is 0 Å². The van der Waals surface area contributed by atoms with Crippen LogP contribution in [0, 0.1) is 0 Å². The Labute approximate surface area is 63.9 Å². The molecule has 1 heterocycles. The van der Waals surface area contributed by atoms with Crippen molar-refractivity contribution in [1.82, 2.24) is 5.32 Å². The number of carbonyl (C=O) groups is 1. The van der Waals surface area contributed by atoms with E-state index in [1.807, 2.05) is 23.8 Å². The van der Waals surface area contributed by atoms with Crippen molar-refractivity contribution in [3.63, 3.8) is 0 Å². The highest BCUT2D eigenvalue weighted by atomic mass is 32.1. The topological polar surface area (TPSA) is 29.1 Å². The average Bonchev–Trinajstić information content (AvgIpc) is 2.38. The van der Waals surface area contributed by atoms with Crippen LogP contribution in [0.15, 0.2) is 16.8 Å². The molecule has 0 aliphatic rings. The van der Waals surface area contributed by atoms with Gasteiger partial charge < -0.3 is 5.32 Å². The van der Waals surface area contributed by atoms with Crippen LogP contribution in [0.5, 0.6) is 0 Å². The summed E-state index contributed by atoms with van der Waals surface area (Å²) in [4.78, 5) is 10.0. The number of nitrogens with one attached hydrogen (secondary N) is 1. The number of thiophene rings is 1. The zero-order valence-electron chi connectivity index (χ0n) is 5.70. The first-order chi connectivity index (χ1) is 4.84. The first kappa shape index (κ1) is 7.28. The predicted octanol–water partition coefficient (Wildman–Crippen LogP) is 1.56. The van der Waals surface area contributed by atoms with Crippen LogP contribution in [0.25, 0.3) is 0 Å². The summed E-state index contributed by atoms with van der Waals surface area (Å²) in [6, 6.07) is 2.15. The van der Waals surface area contributed by atoms with Crippen molar-refractivity contribution in [2.45, 2.75) is 13.0 Å². The van der Waals surface area contributed by atoms with Gasteiger partial charge in [-0.2, -0.15) is 11.3 Å². The first-order valence-electron chi connectivity index (χ1n) is 3.06. The van der Waals surface area contributed by atoms with Crippen molar-refractivity contribution in [3.05, 3.63) is 22.4 Å². The molecule has 1 amide bonds. The molecule has 1 aromatic heterocycles. The van der Waals surface area contributed by atoms with E-state index in [0.29, 0.717) is 0 Å². The van der Waals surface area contributed by atoms with Gasteiger partial charge >= 0.3 is 0 Å². The molecule has 0 radical (unpaired) electrons. The summed E-state index contributed by atoms with van der Waals surface area (Å²) >= 11 is 1.64. The fourth-order valence-corrected chi connectivity index (χ4v) is 1.47. The smallest absolute Gasteiger partial charge is 0.207 e. The molecule has 0 fully saturated rings. The van der Waals surface area contributed by atoms with Gasteiger partial charge in [-0.3, -0.25) is 4.79 Å². The van der Waals surface area contributed by atoms with Gasteiger partial charge in [0.25, 0.3) is 0 Å². The van der Waals surface area contributed by atoms with E-state index in [-0.39, 0.29) is 6.04 Å². The Morgan fingerprint density at radius 3 is 3.10 bits per heavy atom. The van der Waals surface area contributed by atoms with Gasteiger partial charge in [-0.25, -0.2) is 0 Å². The average molecular weight is 155 g/mol. The molecule has 1 unspecified atom stereocenters. The zero-order valence-corrected chi connectivity index (χ0v) is 6.52. The minimum Gasteiger partial charge on any atom is -0.352 e. The predicted molar refractivity (Wildman–Crippen MR) is 41.9 cm³/mol. The van der Waals surface area contributed by atoms with Crippen molar-refractivity contribution in [2.75, 3.05) is 0 Å². The third-order valence-corrected chi connectivity index (χ3v) is 2.06. The molecule has 0 saturated heterocycles. The maximum Gasteiger partial charge on any atom is 0.207 e. The minimum absolute atomic E-state index is 0.142. The van der Waals surface area contributed by atoms with Gasteiger partial charge in [-0.1, -0.05) is 0 Å². The van der Waals surface area contributed by atoms with Crippen molar-refractivity contribution >= 4 is 17.7 Å². The van der Waals surface area contributed by atoms with E-state index in [4.69, 9.17) is 0 Å². The van der Waals surface area contributed by atoms with E-state index >= 15 is 0 Å².